The Bertz CT molecular complexity index is 485. The lowest BCUT2D eigenvalue weighted by atomic mass is 10.1. The minimum absolute atomic E-state index is 0.0913. The summed E-state index contributed by atoms with van der Waals surface area (Å²) in [4.78, 5) is 18.4. The fourth-order valence-electron chi connectivity index (χ4n) is 2.76. The van der Waals surface area contributed by atoms with Crippen LogP contribution in [0.3, 0.4) is 0 Å². The molecule has 1 heterocycles. The molecule has 0 spiro atoms. The molecule has 1 aliphatic heterocycles. The van der Waals surface area contributed by atoms with E-state index in [1.807, 2.05) is 16.8 Å². The molecule has 5 heteroatoms. The molecule has 2 rings (SSSR count). The standard InChI is InChI=1S/C17H27N3O2/c1-15-5-3-4-6-16(15)13-19-7-9-20(10-8-19)17(22)14-18(2)11-12-21/h3-6,21H,7-14H2,1-2H3. The van der Waals surface area contributed by atoms with E-state index in [0.29, 0.717) is 13.1 Å². The van der Waals surface area contributed by atoms with Crippen LogP contribution in [0.15, 0.2) is 24.3 Å². The predicted octanol–water partition coefficient (Wildman–Crippen LogP) is 0.563. The molecular formula is C17H27N3O2. The number of likely N-dealkylation sites (N-methyl/N-ethyl adjacent to an activating group) is 1. The van der Waals surface area contributed by atoms with Crippen molar-refractivity contribution in [1.29, 1.82) is 0 Å². The third-order valence-corrected chi connectivity index (χ3v) is 4.27. The number of benzene rings is 1. The first-order valence-electron chi connectivity index (χ1n) is 7.94. The fraction of sp³-hybridized carbons (Fsp3) is 0.588. The average molecular weight is 305 g/mol. The number of nitrogens with zero attached hydrogens (tertiary/aromatic N) is 3. The van der Waals surface area contributed by atoms with Gasteiger partial charge in [0.25, 0.3) is 0 Å². The van der Waals surface area contributed by atoms with E-state index in [0.717, 1.165) is 32.7 Å². The maximum atomic E-state index is 12.2. The summed E-state index contributed by atoms with van der Waals surface area (Å²) in [5.74, 6) is 0.159. The van der Waals surface area contributed by atoms with Gasteiger partial charge in [0.1, 0.15) is 0 Å². The van der Waals surface area contributed by atoms with E-state index in [1.54, 1.807) is 0 Å². The summed E-state index contributed by atoms with van der Waals surface area (Å²) in [5.41, 5.74) is 2.69. The summed E-state index contributed by atoms with van der Waals surface area (Å²) < 4.78 is 0. The lowest BCUT2D eigenvalue weighted by Gasteiger charge is -2.35. The van der Waals surface area contributed by atoms with Crippen molar-refractivity contribution in [2.75, 3.05) is 52.9 Å². The summed E-state index contributed by atoms with van der Waals surface area (Å²) in [5, 5.41) is 8.88. The van der Waals surface area contributed by atoms with Gasteiger partial charge in [-0.25, -0.2) is 0 Å². The molecule has 1 amide bonds. The van der Waals surface area contributed by atoms with E-state index in [2.05, 4.69) is 36.1 Å². The minimum Gasteiger partial charge on any atom is -0.395 e. The smallest absolute Gasteiger partial charge is 0.236 e. The Morgan fingerprint density at radius 2 is 1.91 bits per heavy atom. The Hall–Kier alpha value is -1.43. The van der Waals surface area contributed by atoms with Crippen LogP contribution in [-0.4, -0.2) is 78.6 Å². The van der Waals surface area contributed by atoms with Gasteiger partial charge in [-0.2, -0.15) is 0 Å². The topological polar surface area (TPSA) is 47.0 Å². The van der Waals surface area contributed by atoms with Gasteiger partial charge in [0.15, 0.2) is 0 Å². The highest BCUT2D eigenvalue weighted by Gasteiger charge is 2.21. The van der Waals surface area contributed by atoms with Gasteiger partial charge in [-0.15, -0.1) is 0 Å². The van der Waals surface area contributed by atoms with Crippen LogP contribution in [0.4, 0.5) is 0 Å². The van der Waals surface area contributed by atoms with Crippen molar-refractivity contribution in [3.63, 3.8) is 0 Å². The molecule has 1 aromatic carbocycles. The second-order valence-electron chi connectivity index (χ2n) is 6.04. The van der Waals surface area contributed by atoms with Gasteiger partial charge in [0, 0.05) is 39.3 Å². The van der Waals surface area contributed by atoms with Gasteiger partial charge in [0.05, 0.1) is 13.2 Å². The lowest BCUT2D eigenvalue weighted by molar-refractivity contribution is -0.134. The number of amides is 1. The Labute approximate surface area is 133 Å². The molecule has 122 valence electrons. The molecule has 1 N–H and O–H groups in total. The molecule has 0 aliphatic carbocycles. The highest BCUT2D eigenvalue weighted by atomic mass is 16.3. The first kappa shape index (κ1) is 16.9. The number of carbonyl (C=O) groups excluding carboxylic acids is 1. The van der Waals surface area contributed by atoms with Crippen LogP contribution in [-0.2, 0) is 11.3 Å². The SMILES string of the molecule is Cc1ccccc1CN1CCN(C(=O)CN(C)CCO)CC1. The Morgan fingerprint density at radius 1 is 1.23 bits per heavy atom. The molecule has 0 bridgehead atoms. The molecule has 1 aromatic rings. The lowest BCUT2D eigenvalue weighted by Crippen LogP contribution is -2.50. The van der Waals surface area contributed by atoms with Crippen LogP contribution in [0.1, 0.15) is 11.1 Å². The van der Waals surface area contributed by atoms with Gasteiger partial charge in [0.2, 0.25) is 5.91 Å². The summed E-state index contributed by atoms with van der Waals surface area (Å²) in [6.45, 7) is 7.54. The van der Waals surface area contributed by atoms with E-state index >= 15 is 0 Å². The first-order valence-corrected chi connectivity index (χ1v) is 7.94. The van der Waals surface area contributed by atoms with Crippen LogP contribution in [0.5, 0.6) is 0 Å². The van der Waals surface area contributed by atoms with Gasteiger partial charge in [-0.3, -0.25) is 14.6 Å². The maximum Gasteiger partial charge on any atom is 0.236 e. The largest absolute Gasteiger partial charge is 0.395 e. The number of aryl methyl sites for hydroxylation is 1. The normalized spacial score (nSPS) is 16.3. The van der Waals surface area contributed by atoms with Gasteiger partial charge in [-0.05, 0) is 25.1 Å². The number of hydrogen-bond acceptors (Lipinski definition) is 4. The van der Waals surface area contributed by atoms with Gasteiger partial charge >= 0.3 is 0 Å². The summed E-state index contributed by atoms with van der Waals surface area (Å²) in [6, 6.07) is 8.47. The molecule has 5 nitrogen and oxygen atoms in total. The third kappa shape index (κ3) is 4.80. The molecule has 0 aromatic heterocycles. The molecule has 1 aliphatic rings. The number of aliphatic hydroxyl groups is 1. The number of carbonyl (C=O) groups is 1. The summed E-state index contributed by atoms with van der Waals surface area (Å²) in [7, 11) is 1.86. The van der Waals surface area contributed by atoms with E-state index < -0.39 is 0 Å². The zero-order chi connectivity index (χ0) is 15.9. The molecule has 0 radical (unpaired) electrons. The van der Waals surface area contributed by atoms with Crippen molar-refractivity contribution in [1.82, 2.24) is 14.7 Å². The summed E-state index contributed by atoms with van der Waals surface area (Å²) >= 11 is 0. The molecule has 0 saturated carbocycles. The summed E-state index contributed by atoms with van der Waals surface area (Å²) in [6.07, 6.45) is 0. The van der Waals surface area contributed by atoms with Crippen molar-refractivity contribution in [2.24, 2.45) is 0 Å². The third-order valence-electron chi connectivity index (χ3n) is 4.27. The van der Waals surface area contributed by atoms with Crippen LogP contribution < -0.4 is 0 Å². The quantitative estimate of drug-likeness (QED) is 0.834. The first-order chi connectivity index (χ1) is 10.6. The van der Waals surface area contributed by atoms with Crippen molar-refractivity contribution in [3.05, 3.63) is 35.4 Å². The maximum absolute atomic E-state index is 12.2. The molecule has 0 atom stereocenters. The van der Waals surface area contributed by atoms with Gasteiger partial charge < -0.3 is 10.0 Å². The average Bonchev–Trinajstić information content (AvgIpc) is 2.50. The van der Waals surface area contributed by atoms with Crippen molar-refractivity contribution < 1.29 is 9.90 Å². The Kier molecular flexibility index (Phi) is 6.36. The van der Waals surface area contributed by atoms with E-state index in [4.69, 9.17) is 5.11 Å². The Balaban J connectivity index is 1.78. The van der Waals surface area contributed by atoms with E-state index in [-0.39, 0.29) is 12.5 Å². The zero-order valence-electron chi connectivity index (χ0n) is 13.7. The second-order valence-corrected chi connectivity index (χ2v) is 6.04. The van der Waals surface area contributed by atoms with Crippen molar-refractivity contribution in [3.8, 4) is 0 Å². The van der Waals surface area contributed by atoms with Crippen molar-refractivity contribution >= 4 is 5.91 Å². The van der Waals surface area contributed by atoms with Crippen LogP contribution in [0.25, 0.3) is 0 Å². The number of rotatable bonds is 6. The van der Waals surface area contributed by atoms with Crippen LogP contribution in [0.2, 0.25) is 0 Å². The Morgan fingerprint density at radius 3 is 2.55 bits per heavy atom. The molecule has 1 saturated heterocycles. The fourth-order valence-corrected chi connectivity index (χ4v) is 2.76. The highest BCUT2D eigenvalue weighted by Crippen LogP contribution is 2.12. The molecule has 0 unspecified atom stereocenters. The van der Waals surface area contributed by atoms with Crippen molar-refractivity contribution in [2.45, 2.75) is 13.5 Å². The predicted molar refractivity (Wildman–Crippen MR) is 87.6 cm³/mol. The van der Waals surface area contributed by atoms with E-state index in [9.17, 15) is 4.79 Å². The number of aliphatic hydroxyl groups excluding tert-OH is 1. The van der Waals surface area contributed by atoms with Crippen LogP contribution >= 0.6 is 0 Å². The zero-order valence-corrected chi connectivity index (χ0v) is 13.7. The second kappa shape index (κ2) is 8.27. The van der Waals surface area contributed by atoms with E-state index in [1.165, 1.54) is 11.1 Å². The number of hydrogen-bond donors (Lipinski definition) is 1. The number of piperazine rings is 1. The molecular weight excluding hydrogens is 278 g/mol. The van der Waals surface area contributed by atoms with Gasteiger partial charge in [-0.1, -0.05) is 24.3 Å². The molecule has 22 heavy (non-hydrogen) atoms. The van der Waals surface area contributed by atoms with Crippen LogP contribution in [0, 0.1) is 6.92 Å². The molecule has 1 fully saturated rings. The monoisotopic (exact) mass is 305 g/mol. The highest BCUT2D eigenvalue weighted by molar-refractivity contribution is 5.78. The minimum atomic E-state index is 0.0913.